The molecule has 0 spiro atoms. The van der Waals surface area contributed by atoms with Crippen LogP contribution in [0.5, 0.6) is 0 Å². The van der Waals surface area contributed by atoms with E-state index in [2.05, 4.69) is 23.2 Å². The predicted octanol–water partition coefficient (Wildman–Crippen LogP) is 2.52. The molecule has 4 heteroatoms. The zero-order valence-electron chi connectivity index (χ0n) is 12.0. The number of rotatable bonds is 5. The van der Waals surface area contributed by atoms with Gasteiger partial charge in [0.1, 0.15) is 5.82 Å². The van der Waals surface area contributed by atoms with Crippen molar-refractivity contribution in [1.29, 1.82) is 5.26 Å². The van der Waals surface area contributed by atoms with Crippen LogP contribution in [0.1, 0.15) is 30.9 Å². The smallest absolute Gasteiger partial charge is 0.123 e. The Kier molecular flexibility index (Phi) is 5.51. The van der Waals surface area contributed by atoms with Gasteiger partial charge in [-0.3, -0.25) is 4.90 Å². The first-order valence-corrected chi connectivity index (χ1v) is 7.34. The van der Waals surface area contributed by atoms with Crippen LogP contribution in [0.2, 0.25) is 0 Å². The molecule has 20 heavy (non-hydrogen) atoms. The molecule has 0 unspecified atom stereocenters. The number of piperidine rings is 1. The third-order valence-corrected chi connectivity index (χ3v) is 3.97. The Morgan fingerprint density at radius 3 is 2.80 bits per heavy atom. The molecule has 108 valence electrons. The van der Waals surface area contributed by atoms with E-state index in [1.54, 1.807) is 6.07 Å². The highest BCUT2D eigenvalue weighted by Gasteiger charge is 2.19. The van der Waals surface area contributed by atoms with E-state index in [0.717, 1.165) is 37.7 Å². The molecule has 1 aliphatic rings. The van der Waals surface area contributed by atoms with Crippen molar-refractivity contribution < 1.29 is 4.39 Å². The van der Waals surface area contributed by atoms with Crippen molar-refractivity contribution in [1.82, 2.24) is 10.2 Å². The van der Waals surface area contributed by atoms with Crippen LogP contribution in [0, 0.1) is 23.1 Å². The summed E-state index contributed by atoms with van der Waals surface area (Å²) in [6, 6.07) is 6.56. The Morgan fingerprint density at radius 1 is 1.40 bits per heavy atom. The zero-order valence-corrected chi connectivity index (χ0v) is 12.0. The molecule has 1 aromatic carbocycles. The van der Waals surface area contributed by atoms with Gasteiger partial charge in [-0.05, 0) is 68.7 Å². The van der Waals surface area contributed by atoms with Gasteiger partial charge in [-0.25, -0.2) is 4.39 Å². The molecule has 1 aromatic rings. The van der Waals surface area contributed by atoms with Gasteiger partial charge in [0.25, 0.3) is 0 Å². The Labute approximate surface area is 120 Å². The van der Waals surface area contributed by atoms with Crippen LogP contribution < -0.4 is 5.32 Å². The lowest BCUT2D eigenvalue weighted by Gasteiger charge is -2.32. The number of hydrogen-bond acceptors (Lipinski definition) is 3. The van der Waals surface area contributed by atoms with Crippen LogP contribution in [0.3, 0.4) is 0 Å². The minimum absolute atomic E-state index is 0.263. The van der Waals surface area contributed by atoms with Crippen molar-refractivity contribution in [3.05, 3.63) is 35.1 Å². The Hall–Kier alpha value is -1.44. The molecule has 0 aromatic heterocycles. The van der Waals surface area contributed by atoms with Gasteiger partial charge in [-0.2, -0.15) is 5.26 Å². The second kappa shape index (κ2) is 7.37. The van der Waals surface area contributed by atoms with E-state index in [4.69, 9.17) is 5.26 Å². The molecule has 1 saturated heterocycles. The van der Waals surface area contributed by atoms with E-state index < -0.39 is 0 Å². The SMILES string of the molecule is CCNCC1CCN(Cc2cc(F)ccc2C#N)CC1. The van der Waals surface area contributed by atoms with E-state index in [-0.39, 0.29) is 5.82 Å². The van der Waals surface area contributed by atoms with Crippen molar-refractivity contribution in [3.8, 4) is 6.07 Å². The first kappa shape index (κ1) is 15.0. The maximum Gasteiger partial charge on any atom is 0.123 e. The lowest BCUT2D eigenvalue weighted by atomic mass is 9.96. The molecule has 2 rings (SSSR count). The van der Waals surface area contributed by atoms with Crippen molar-refractivity contribution in [2.24, 2.45) is 5.92 Å². The van der Waals surface area contributed by atoms with Gasteiger partial charge >= 0.3 is 0 Å². The van der Waals surface area contributed by atoms with Gasteiger partial charge in [0.15, 0.2) is 0 Å². The van der Waals surface area contributed by atoms with E-state index >= 15 is 0 Å². The Morgan fingerprint density at radius 2 is 2.15 bits per heavy atom. The molecule has 1 fully saturated rings. The third kappa shape index (κ3) is 4.03. The van der Waals surface area contributed by atoms with E-state index in [9.17, 15) is 4.39 Å². The standard InChI is InChI=1S/C16H22FN3/c1-2-19-11-13-5-7-20(8-6-13)12-15-9-16(17)4-3-14(15)10-18/h3-4,9,13,19H,2,5-8,11-12H2,1H3. The average molecular weight is 275 g/mol. The first-order valence-electron chi connectivity index (χ1n) is 7.34. The number of hydrogen-bond donors (Lipinski definition) is 1. The maximum absolute atomic E-state index is 13.3. The summed E-state index contributed by atoms with van der Waals surface area (Å²) >= 11 is 0. The third-order valence-electron chi connectivity index (χ3n) is 3.97. The lowest BCUT2D eigenvalue weighted by Crippen LogP contribution is -2.37. The first-order chi connectivity index (χ1) is 9.72. The van der Waals surface area contributed by atoms with Gasteiger partial charge in [0, 0.05) is 6.54 Å². The fraction of sp³-hybridized carbons (Fsp3) is 0.562. The van der Waals surface area contributed by atoms with Crippen LogP contribution in [0.25, 0.3) is 0 Å². The second-order valence-electron chi connectivity index (χ2n) is 5.44. The van der Waals surface area contributed by atoms with Crippen molar-refractivity contribution in [2.75, 3.05) is 26.2 Å². The van der Waals surface area contributed by atoms with Crippen molar-refractivity contribution in [3.63, 3.8) is 0 Å². The summed E-state index contributed by atoms with van der Waals surface area (Å²) in [6.07, 6.45) is 2.34. The van der Waals surface area contributed by atoms with Crippen molar-refractivity contribution in [2.45, 2.75) is 26.3 Å². The number of benzene rings is 1. The number of halogens is 1. The highest BCUT2D eigenvalue weighted by Crippen LogP contribution is 2.20. The van der Waals surface area contributed by atoms with Crippen LogP contribution in [-0.4, -0.2) is 31.1 Å². The molecule has 1 aliphatic heterocycles. The van der Waals surface area contributed by atoms with Gasteiger partial charge in [0.05, 0.1) is 11.6 Å². The molecule has 1 heterocycles. The predicted molar refractivity (Wildman–Crippen MR) is 77.7 cm³/mol. The van der Waals surface area contributed by atoms with Crippen LogP contribution in [0.15, 0.2) is 18.2 Å². The monoisotopic (exact) mass is 275 g/mol. The highest BCUT2D eigenvalue weighted by atomic mass is 19.1. The fourth-order valence-corrected chi connectivity index (χ4v) is 2.74. The Bertz CT molecular complexity index is 473. The van der Waals surface area contributed by atoms with Crippen LogP contribution in [0.4, 0.5) is 4.39 Å². The molecule has 0 amide bonds. The molecule has 3 nitrogen and oxygen atoms in total. The molecule has 0 radical (unpaired) electrons. The molecule has 0 bridgehead atoms. The van der Waals surface area contributed by atoms with Gasteiger partial charge in [0.2, 0.25) is 0 Å². The normalized spacial score (nSPS) is 17.1. The molecule has 1 N–H and O–H groups in total. The summed E-state index contributed by atoms with van der Waals surface area (Å²) in [5, 5.41) is 12.5. The summed E-state index contributed by atoms with van der Waals surface area (Å²) in [5.41, 5.74) is 1.39. The summed E-state index contributed by atoms with van der Waals surface area (Å²) in [5.74, 6) is 0.482. The quantitative estimate of drug-likeness (QED) is 0.897. The molecular weight excluding hydrogens is 253 g/mol. The number of likely N-dealkylation sites (tertiary alicyclic amines) is 1. The Balaban J connectivity index is 1.90. The summed E-state index contributed by atoms with van der Waals surface area (Å²) in [7, 11) is 0. The topological polar surface area (TPSA) is 39.1 Å². The second-order valence-corrected chi connectivity index (χ2v) is 5.44. The highest BCUT2D eigenvalue weighted by molar-refractivity contribution is 5.37. The van der Waals surface area contributed by atoms with Gasteiger partial charge in [-0.1, -0.05) is 6.92 Å². The van der Waals surface area contributed by atoms with Gasteiger partial charge < -0.3 is 5.32 Å². The molecule has 0 saturated carbocycles. The average Bonchev–Trinajstić information content (AvgIpc) is 2.47. The number of nitrogens with one attached hydrogen (secondary N) is 1. The molecule has 0 atom stereocenters. The number of nitriles is 1. The molecule has 0 aliphatic carbocycles. The lowest BCUT2D eigenvalue weighted by molar-refractivity contribution is 0.175. The summed E-state index contributed by atoms with van der Waals surface area (Å²) in [6.45, 7) is 6.97. The van der Waals surface area contributed by atoms with E-state index in [1.807, 2.05) is 0 Å². The van der Waals surface area contributed by atoms with E-state index in [0.29, 0.717) is 12.1 Å². The maximum atomic E-state index is 13.3. The van der Waals surface area contributed by atoms with Crippen LogP contribution >= 0.6 is 0 Å². The zero-order chi connectivity index (χ0) is 14.4. The van der Waals surface area contributed by atoms with Gasteiger partial charge in [-0.15, -0.1) is 0 Å². The summed E-state index contributed by atoms with van der Waals surface area (Å²) in [4.78, 5) is 2.32. The molecular formula is C16H22FN3. The van der Waals surface area contributed by atoms with Crippen LogP contribution in [-0.2, 0) is 6.54 Å². The number of nitrogens with zero attached hydrogens (tertiary/aromatic N) is 2. The van der Waals surface area contributed by atoms with E-state index in [1.165, 1.54) is 25.0 Å². The minimum Gasteiger partial charge on any atom is -0.317 e. The van der Waals surface area contributed by atoms with Crippen molar-refractivity contribution >= 4 is 0 Å². The minimum atomic E-state index is -0.263. The fourth-order valence-electron chi connectivity index (χ4n) is 2.74. The summed E-state index contributed by atoms with van der Waals surface area (Å²) < 4.78 is 13.3. The largest absolute Gasteiger partial charge is 0.317 e.